The number of nitrogens with zero attached hydrogens (tertiary/aromatic N) is 4. The van der Waals surface area contributed by atoms with Gasteiger partial charge in [0.05, 0.1) is 6.54 Å². The van der Waals surface area contributed by atoms with Crippen LogP contribution in [-0.2, 0) is 6.54 Å². The predicted octanol–water partition coefficient (Wildman–Crippen LogP) is 2.91. The second kappa shape index (κ2) is 4.87. The summed E-state index contributed by atoms with van der Waals surface area (Å²) in [7, 11) is 0. The molecule has 6 heteroatoms. The normalized spacial score (nSPS) is 15.3. The summed E-state index contributed by atoms with van der Waals surface area (Å²) in [6, 6.07) is 7.80. The van der Waals surface area contributed by atoms with Crippen LogP contribution in [0.2, 0.25) is 0 Å². The van der Waals surface area contributed by atoms with Crippen molar-refractivity contribution in [3.05, 3.63) is 41.6 Å². The highest BCUT2D eigenvalue weighted by molar-refractivity contribution is 5.44. The fourth-order valence-electron chi connectivity index (χ4n) is 2.58. The largest absolute Gasteiger partial charge is 0.465 e. The van der Waals surface area contributed by atoms with Crippen molar-refractivity contribution in [2.24, 2.45) is 0 Å². The average molecular weight is 283 g/mol. The molecule has 1 aliphatic rings. The first kappa shape index (κ1) is 12.4. The van der Waals surface area contributed by atoms with Crippen LogP contribution < -0.4 is 5.32 Å². The van der Waals surface area contributed by atoms with E-state index >= 15 is 0 Å². The summed E-state index contributed by atoms with van der Waals surface area (Å²) in [5.74, 6) is 4.11. The summed E-state index contributed by atoms with van der Waals surface area (Å²) in [5, 5.41) is 16.3. The van der Waals surface area contributed by atoms with Crippen LogP contribution in [0.5, 0.6) is 0 Å². The highest BCUT2D eigenvalue weighted by Gasteiger charge is 2.25. The Morgan fingerprint density at radius 2 is 2.14 bits per heavy atom. The van der Waals surface area contributed by atoms with Crippen molar-refractivity contribution in [3.63, 3.8) is 0 Å². The molecule has 0 unspecified atom stereocenters. The van der Waals surface area contributed by atoms with Gasteiger partial charge < -0.3 is 9.73 Å². The van der Waals surface area contributed by atoms with Gasteiger partial charge in [-0.15, -0.1) is 15.3 Å². The monoisotopic (exact) mass is 283 g/mol. The third-order valence-corrected chi connectivity index (χ3v) is 4.00. The lowest BCUT2D eigenvalue weighted by Gasteiger charge is -2.22. The first-order valence-corrected chi connectivity index (χ1v) is 7.31. The molecule has 3 aromatic rings. The molecular weight excluding hydrogens is 266 g/mol. The standard InChI is InChI=1S/C15H17N5O/c1-10-5-6-12(21-10)9-16-13-7-8-14-17-18-15(20(14)19-13)11-3-2-4-11/h5-8,11H,2-4,9H2,1H3,(H,16,19). The van der Waals surface area contributed by atoms with Crippen LogP contribution in [-0.4, -0.2) is 19.8 Å². The van der Waals surface area contributed by atoms with Gasteiger partial charge in [-0.1, -0.05) is 6.42 Å². The third kappa shape index (κ3) is 2.26. The van der Waals surface area contributed by atoms with Crippen LogP contribution >= 0.6 is 0 Å². The number of hydrogen-bond acceptors (Lipinski definition) is 5. The van der Waals surface area contributed by atoms with E-state index < -0.39 is 0 Å². The minimum Gasteiger partial charge on any atom is -0.465 e. The van der Waals surface area contributed by atoms with Crippen molar-refractivity contribution in [2.45, 2.75) is 38.6 Å². The van der Waals surface area contributed by atoms with Crippen LogP contribution in [0, 0.1) is 6.92 Å². The lowest BCUT2D eigenvalue weighted by Crippen LogP contribution is -2.14. The highest BCUT2D eigenvalue weighted by Crippen LogP contribution is 2.35. The molecule has 6 nitrogen and oxygen atoms in total. The molecule has 108 valence electrons. The van der Waals surface area contributed by atoms with Gasteiger partial charge in [-0.05, 0) is 44.0 Å². The zero-order valence-electron chi connectivity index (χ0n) is 11.9. The van der Waals surface area contributed by atoms with Gasteiger partial charge in [0.2, 0.25) is 0 Å². The van der Waals surface area contributed by atoms with Crippen LogP contribution in [0.4, 0.5) is 5.82 Å². The number of furan rings is 1. The van der Waals surface area contributed by atoms with Crippen LogP contribution in [0.1, 0.15) is 42.5 Å². The molecule has 1 N–H and O–H groups in total. The molecular formula is C15H17N5O. The van der Waals surface area contributed by atoms with E-state index in [9.17, 15) is 0 Å². The SMILES string of the molecule is Cc1ccc(CNc2ccc3nnc(C4CCC4)n3n2)o1. The number of aromatic nitrogens is 4. The van der Waals surface area contributed by atoms with Crippen molar-refractivity contribution in [3.8, 4) is 0 Å². The molecule has 1 aliphatic carbocycles. The maximum Gasteiger partial charge on any atom is 0.178 e. The summed E-state index contributed by atoms with van der Waals surface area (Å²) >= 11 is 0. The summed E-state index contributed by atoms with van der Waals surface area (Å²) in [5.41, 5.74) is 0.802. The molecule has 0 amide bonds. The first-order valence-electron chi connectivity index (χ1n) is 7.31. The van der Waals surface area contributed by atoms with Gasteiger partial charge in [-0.25, -0.2) is 0 Å². The molecule has 4 rings (SSSR count). The minimum absolute atomic E-state index is 0.510. The van der Waals surface area contributed by atoms with Crippen molar-refractivity contribution >= 4 is 11.5 Å². The van der Waals surface area contributed by atoms with E-state index in [1.807, 2.05) is 35.7 Å². The molecule has 3 heterocycles. The van der Waals surface area contributed by atoms with Crippen LogP contribution in [0.15, 0.2) is 28.7 Å². The first-order chi connectivity index (χ1) is 10.3. The Bertz CT molecular complexity index is 771. The van der Waals surface area contributed by atoms with Gasteiger partial charge in [0.15, 0.2) is 11.5 Å². The van der Waals surface area contributed by atoms with E-state index in [1.165, 1.54) is 19.3 Å². The molecule has 1 saturated carbocycles. The topological polar surface area (TPSA) is 68.2 Å². The second-order valence-corrected chi connectivity index (χ2v) is 5.54. The van der Waals surface area contributed by atoms with E-state index in [1.54, 1.807) is 0 Å². The molecule has 0 aromatic carbocycles. The van der Waals surface area contributed by atoms with Gasteiger partial charge in [0.1, 0.15) is 17.3 Å². The third-order valence-electron chi connectivity index (χ3n) is 4.00. The maximum absolute atomic E-state index is 5.54. The van der Waals surface area contributed by atoms with E-state index in [-0.39, 0.29) is 0 Å². The molecule has 3 aromatic heterocycles. The van der Waals surface area contributed by atoms with E-state index in [4.69, 9.17) is 4.42 Å². The van der Waals surface area contributed by atoms with Crippen LogP contribution in [0.3, 0.4) is 0 Å². The lowest BCUT2D eigenvalue weighted by molar-refractivity contribution is 0.395. The Labute approximate surface area is 122 Å². The molecule has 0 spiro atoms. The Morgan fingerprint density at radius 3 is 2.86 bits per heavy atom. The quantitative estimate of drug-likeness (QED) is 0.797. The predicted molar refractivity (Wildman–Crippen MR) is 78.1 cm³/mol. The van der Waals surface area contributed by atoms with Crippen LogP contribution in [0.25, 0.3) is 5.65 Å². The maximum atomic E-state index is 5.54. The Morgan fingerprint density at radius 1 is 1.24 bits per heavy atom. The van der Waals surface area contributed by atoms with E-state index in [0.717, 1.165) is 28.8 Å². The van der Waals surface area contributed by atoms with E-state index in [2.05, 4.69) is 20.6 Å². The smallest absolute Gasteiger partial charge is 0.178 e. The van der Waals surface area contributed by atoms with Crippen molar-refractivity contribution in [1.29, 1.82) is 0 Å². The summed E-state index contributed by atoms with van der Waals surface area (Å²) in [6.45, 7) is 2.56. The summed E-state index contributed by atoms with van der Waals surface area (Å²) in [6.07, 6.45) is 3.65. The molecule has 0 atom stereocenters. The number of aryl methyl sites for hydroxylation is 1. The molecule has 0 bridgehead atoms. The van der Waals surface area contributed by atoms with Crippen molar-refractivity contribution in [1.82, 2.24) is 19.8 Å². The average Bonchev–Trinajstić information content (AvgIpc) is 3.02. The van der Waals surface area contributed by atoms with Gasteiger partial charge >= 0.3 is 0 Å². The Balaban J connectivity index is 1.57. The fourth-order valence-corrected chi connectivity index (χ4v) is 2.58. The van der Waals surface area contributed by atoms with Gasteiger partial charge in [0.25, 0.3) is 0 Å². The second-order valence-electron chi connectivity index (χ2n) is 5.54. The number of fused-ring (bicyclic) bond motifs is 1. The number of rotatable bonds is 4. The molecule has 0 saturated heterocycles. The van der Waals surface area contributed by atoms with Gasteiger partial charge in [0, 0.05) is 5.92 Å². The fraction of sp³-hybridized carbons (Fsp3) is 0.400. The lowest BCUT2D eigenvalue weighted by atomic mass is 9.85. The number of hydrogen-bond donors (Lipinski definition) is 1. The summed E-state index contributed by atoms with van der Waals surface area (Å²) < 4.78 is 7.41. The highest BCUT2D eigenvalue weighted by atomic mass is 16.3. The Kier molecular flexibility index (Phi) is 2.87. The molecule has 0 aliphatic heterocycles. The Hall–Kier alpha value is -2.37. The number of anilines is 1. The van der Waals surface area contributed by atoms with Crippen molar-refractivity contribution in [2.75, 3.05) is 5.32 Å². The van der Waals surface area contributed by atoms with Crippen molar-refractivity contribution < 1.29 is 4.42 Å². The van der Waals surface area contributed by atoms with Gasteiger partial charge in [-0.2, -0.15) is 4.52 Å². The zero-order valence-corrected chi connectivity index (χ0v) is 11.9. The summed E-state index contributed by atoms with van der Waals surface area (Å²) in [4.78, 5) is 0. The minimum atomic E-state index is 0.510. The zero-order chi connectivity index (χ0) is 14.2. The molecule has 1 fully saturated rings. The molecule has 0 radical (unpaired) electrons. The number of nitrogens with one attached hydrogen (secondary N) is 1. The van der Waals surface area contributed by atoms with Gasteiger partial charge in [-0.3, -0.25) is 0 Å². The van der Waals surface area contributed by atoms with E-state index in [0.29, 0.717) is 12.5 Å². The molecule has 21 heavy (non-hydrogen) atoms.